The molecule has 0 saturated heterocycles. The second-order valence-electron chi connectivity index (χ2n) is 5.77. The standard InChI is InChI=1S/C15H26N4/c1-4-7-12-17-13(16-10-5-2)11-14(18-12)19-15(3)8-6-9-15/h11H,4-10H2,1-3H3,(H2,16,17,18,19). The van der Waals surface area contributed by atoms with Gasteiger partial charge in [-0.2, -0.15) is 0 Å². The zero-order valence-corrected chi connectivity index (χ0v) is 12.4. The lowest BCUT2D eigenvalue weighted by Crippen LogP contribution is -2.42. The van der Waals surface area contributed by atoms with Gasteiger partial charge in [0.05, 0.1) is 0 Å². The van der Waals surface area contributed by atoms with E-state index in [-0.39, 0.29) is 5.54 Å². The summed E-state index contributed by atoms with van der Waals surface area (Å²) in [6.07, 6.45) is 6.90. The van der Waals surface area contributed by atoms with Gasteiger partial charge in [-0.1, -0.05) is 13.8 Å². The molecule has 2 rings (SSSR count). The molecule has 2 N–H and O–H groups in total. The van der Waals surface area contributed by atoms with E-state index in [1.54, 1.807) is 0 Å². The molecule has 4 nitrogen and oxygen atoms in total. The van der Waals surface area contributed by atoms with Crippen LogP contribution in [0.5, 0.6) is 0 Å². The number of hydrogen-bond donors (Lipinski definition) is 2. The molecule has 0 amide bonds. The number of rotatable bonds is 7. The fourth-order valence-electron chi connectivity index (χ4n) is 2.38. The molecule has 1 aromatic rings. The van der Waals surface area contributed by atoms with Crippen molar-refractivity contribution in [2.24, 2.45) is 0 Å². The monoisotopic (exact) mass is 262 g/mol. The van der Waals surface area contributed by atoms with Gasteiger partial charge in [0.25, 0.3) is 0 Å². The number of aryl methyl sites for hydroxylation is 1. The topological polar surface area (TPSA) is 49.8 Å². The predicted molar refractivity (Wildman–Crippen MR) is 80.7 cm³/mol. The number of hydrogen-bond acceptors (Lipinski definition) is 4. The van der Waals surface area contributed by atoms with E-state index in [9.17, 15) is 0 Å². The maximum Gasteiger partial charge on any atom is 0.133 e. The minimum Gasteiger partial charge on any atom is -0.370 e. The highest BCUT2D eigenvalue weighted by molar-refractivity contribution is 5.49. The lowest BCUT2D eigenvalue weighted by atomic mass is 9.78. The molecule has 0 aromatic carbocycles. The largest absolute Gasteiger partial charge is 0.370 e. The van der Waals surface area contributed by atoms with Crippen molar-refractivity contribution in [3.8, 4) is 0 Å². The zero-order chi connectivity index (χ0) is 13.7. The zero-order valence-electron chi connectivity index (χ0n) is 12.4. The Morgan fingerprint density at radius 3 is 2.47 bits per heavy atom. The lowest BCUT2D eigenvalue weighted by molar-refractivity contribution is 0.305. The van der Waals surface area contributed by atoms with Crippen molar-refractivity contribution in [2.45, 2.75) is 64.8 Å². The van der Waals surface area contributed by atoms with Crippen molar-refractivity contribution in [1.82, 2.24) is 9.97 Å². The molecule has 0 radical (unpaired) electrons. The summed E-state index contributed by atoms with van der Waals surface area (Å²) < 4.78 is 0. The van der Waals surface area contributed by atoms with Gasteiger partial charge in [-0.05, 0) is 39.0 Å². The third-order valence-corrected chi connectivity index (χ3v) is 3.69. The van der Waals surface area contributed by atoms with Gasteiger partial charge in [0.1, 0.15) is 17.5 Å². The Kier molecular flexibility index (Phi) is 4.61. The van der Waals surface area contributed by atoms with Gasteiger partial charge in [0.2, 0.25) is 0 Å². The average molecular weight is 262 g/mol. The van der Waals surface area contributed by atoms with E-state index in [1.165, 1.54) is 19.3 Å². The molecule has 19 heavy (non-hydrogen) atoms. The van der Waals surface area contributed by atoms with Gasteiger partial charge in [0.15, 0.2) is 0 Å². The molecule has 1 saturated carbocycles. The molecular weight excluding hydrogens is 236 g/mol. The minimum atomic E-state index is 0.236. The summed E-state index contributed by atoms with van der Waals surface area (Å²) in [6.45, 7) is 7.56. The van der Waals surface area contributed by atoms with Gasteiger partial charge >= 0.3 is 0 Å². The smallest absolute Gasteiger partial charge is 0.133 e. The Labute approximate surface area is 116 Å². The maximum atomic E-state index is 4.64. The van der Waals surface area contributed by atoms with Gasteiger partial charge in [-0.3, -0.25) is 0 Å². The molecule has 0 aliphatic heterocycles. The minimum absolute atomic E-state index is 0.236. The Morgan fingerprint density at radius 2 is 1.89 bits per heavy atom. The molecule has 1 aliphatic rings. The third kappa shape index (κ3) is 3.82. The van der Waals surface area contributed by atoms with Crippen LogP contribution in [0.4, 0.5) is 11.6 Å². The van der Waals surface area contributed by atoms with E-state index < -0.39 is 0 Å². The summed E-state index contributed by atoms with van der Waals surface area (Å²) in [7, 11) is 0. The average Bonchev–Trinajstić information content (AvgIpc) is 2.35. The summed E-state index contributed by atoms with van der Waals surface area (Å²) >= 11 is 0. The van der Waals surface area contributed by atoms with Crippen molar-refractivity contribution >= 4 is 11.6 Å². The van der Waals surface area contributed by atoms with Crippen LogP contribution in [0.25, 0.3) is 0 Å². The van der Waals surface area contributed by atoms with Gasteiger partial charge in [-0.15, -0.1) is 0 Å². The Hall–Kier alpha value is -1.32. The van der Waals surface area contributed by atoms with Crippen LogP contribution in [0.3, 0.4) is 0 Å². The van der Waals surface area contributed by atoms with E-state index in [1.807, 2.05) is 6.07 Å². The molecule has 1 fully saturated rings. The first kappa shape index (κ1) is 14.1. The van der Waals surface area contributed by atoms with Crippen LogP contribution >= 0.6 is 0 Å². The van der Waals surface area contributed by atoms with Crippen molar-refractivity contribution in [1.29, 1.82) is 0 Å². The number of aromatic nitrogens is 2. The molecule has 0 unspecified atom stereocenters. The number of nitrogens with one attached hydrogen (secondary N) is 2. The fourth-order valence-corrected chi connectivity index (χ4v) is 2.38. The van der Waals surface area contributed by atoms with Crippen molar-refractivity contribution in [3.63, 3.8) is 0 Å². The van der Waals surface area contributed by atoms with E-state index >= 15 is 0 Å². The number of nitrogens with zero attached hydrogens (tertiary/aromatic N) is 2. The highest BCUT2D eigenvalue weighted by atomic mass is 15.1. The lowest BCUT2D eigenvalue weighted by Gasteiger charge is -2.39. The van der Waals surface area contributed by atoms with Gasteiger partial charge < -0.3 is 10.6 Å². The Morgan fingerprint density at radius 1 is 1.16 bits per heavy atom. The molecule has 0 bridgehead atoms. The van der Waals surface area contributed by atoms with Gasteiger partial charge in [0, 0.05) is 24.6 Å². The second-order valence-corrected chi connectivity index (χ2v) is 5.77. The van der Waals surface area contributed by atoms with E-state index in [4.69, 9.17) is 0 Å². The van der Waals surface area contributed by atoms with Crippen LogP contribution in [0, 0.1) is 0 Å². The van der Waals surface area contributed by atoms with Crippen LogP contribution in [0.2, 0.25) is 0 Å². The molecular formula is C15H26N4. The highest BCUT2D eigenvalue weighted by Crippen LogP contribution is 2.34. The predicted octanol–water partition coefficient (Wildman–Crippen LogP) is 3.61. The van der Waals surface area contributed by atoms with E-state index in [0.29, 0.717) is 0 Å². The molecule has 0 spiro atoms. The second kappa shape index (κ2) is 6.22. The first-order chi connectivity index (χ1) is 9.15. The van der Waals surface area contributed by atoms with Gasteiger partial charge in [-0.25, -0.2) is 9.97 Å². The molecule has 1 aromatic heterocycles. The van der Waals surface area contributed by atoms with Crippen molar-refractivity contribution in [2.75, 3.05) is 17.2 Å². The van der Waals surface area contributed by atoms with Crippen molar-refractivity contribution < 1.29 is 0 Å². The van der Waals surface area contributed by atoms with Crippen LogP contribution in [-0.4, -0.2) is 22.1 Å². The first-order valence-corrected chi connectivity index (χ1v) is 7.55. The molecule has 4 heteroatoms. The SMILES string of the molecule is CCCNc1cc(NC2(C)CCC2)nc(CCC)n1. The highest BCUT2D eigenvalue weighted by Gasteiger charge is 2.31. The molecule has 0 atom stereocenters. The summed E-state index contributed by atoms with van der Waals surface area (Å²) in [5, 5.41) is 6.94. The molecule has 106 valence electrons. The first-order valence-electron chi connectivity index (χ1n) is 7.55. The van der Waals surface area contributed by atoms with Crippen LogP contribution in [0.15, 0.2) is 6.07 Å². The normalized spacial score (nSPS) is 16.8. The summed E-state index contributed by atoms with van der Waals surface area (Å²) in [6, 6.07) is 2.04. The van der Waals surface area contributed by atoms with Crippen molar-refractivity contribution in [3.05, 3.63) is 11.9 Å². The quantitative estimate of drug-likeness (QED) is 0.788. The maximum absolute atomic E-state index is 4.64. The molecule has 1 aliphatic carbocycles. The van der Waals surface area contributed by atoms with Crippen LogP contribution in [-0.2, 0) is 6.42 Å². The summed E-state index contributed by atoms with van der Waals surface area (Å²) in [4.78, 5) is 9.21. The Bertz CT molecular complexity index is 413. The molecule has 1 heterocycles. The number of anilines is 2. The summed E-state index contributed by atoms with van der Waals surface area (Å²) in [5.41, 5.74) is 0.236. The third-order valence-electron chi connectivity index (χ3n) is 3.69. The van der Waals surface area contributed by atoms with E-state index in [2.05, 4.69) is 41.4 Å². The van der Waals surface area contributed by atoms with E-state index in [0.717, 1.165) is 43.3 Å². The van der Waals surface area contributed by atoms with Crippen LogP contribution < -0.4 is 10.6 Å². The van der Waals surface area contributed by atoms with Crippen LogP contribution in [0.1, 0.15) is 58.7 Å². The Balaban J connectivity index is 2.13. The summed E-state index contributed by atoms with van der Waals surface area (Å²) in [5.74, 6) is 2.86. The fraction of sp³-hybridized carbons (Fsp3) is 0.733.